The van der Waals surface area contributed by atoms with E-state index in [0.29, 0.717) is 15.9 Å². The number of nitrogens with one attached hydrogen (secondary N) is 1. The minimum absolute atomic E-state index is 0.109. The molecule has 0 fully saturated rings. The zero-order valence-electron chi connectivity index (χ0n) is 10.9. The topological polar surface area (TPSA) is 42.0 Å². The maximum atomic E-state index is 12.2. The highest BCUT2D eigenvalue weighted by Gasteiger charge is 2.15. The van der Waals surface area contributed by atoms with Gasteiger partial charge in [-0.15, -0.1) is 0 Å². The van der Waals surface area contributed by atoms with E-state index in [-0.39, 0.29) is 11.9 Å². The van der Waals surface area contributed by atoms with E-state index >= 15 is 0 Å². The lowest BCUT2D eigenvalue weighted by molar-refractivity contribution is 0.0930. The smallest absolute Gasteiger partial charge is 0.270 e. The maximum absolute atomic E-state index is 12.2. The van der Waals surface area contributed by atoms with Crippen LogP contribution >= 0.6 is 23.2 Å². The normalized spacial score (nSPS) is 11.9. The molecule has 3 nitrogen and oxygen atoms in total. The van der Waals surface area contributed by atoms with Crippen molar-refractivity contribution in [2.24, 2.45) is 0 Å². The molecule has 2 aromatic rings. The third-order valence-electron chi connectivity index (χ3n) is 2.91. The average molecular weight is 309 g/mol. The van der Waals surface area contributed by atoms with E-state index < -0.39 is 0 Å². The highest BCUT2D eigenvalue weighted by molar-refractivity contribution is 6.30. The van der Waals surface area contributed by atoms with E-state index in [4.69, 9.17) is 23.2 Å². The van der Waals surface area contributed by atoms with Crippen molar-refractivity contribution in [3.8, 4) is 0 Å². The van der Waals surface area contributed by atoms with Crippen LogP contribution in [0.1, 0.15) is 35.4 Å². The van der Waals surface area contributed by atoms with Crippen LogP contribution in [0.25, 0.3) is 0 Å². The van der Waals surface area contributed by atoms with Gasteiger partial charge in [-0.2, -0.15) is 0 Å². The van der Waals surface area contributed by atoms with Gasteiger partial charge in [0, 0.05) is 5.02 Å². The lowest BCUT2D eigenvalue weighted by Gasteiger charge is -2.17. The number of hydrogen-bond donors (Lipinski definition) is 1. The van der Waals surface area contributed by atoms with Crippen LogP contribution in [0.15, 0.2) is 42.5 Å². The molecule has 5 heteroatoms. The first-order valence-electron chi connectivity index (χ1n) is 6.29. The fourth-order valence-electron chi connectivity index (χ4n) is 1.91. The van der Waals surface area contributed by atoms with Gasteiger partial charge in [-0.3, -0.25) is 4.79 Å². The van der Waals surface area contributed by atoms with Crippen molar-refractivity contribution in [2.75, 3.05) is 0 Å². The quantitative estimate of drug-likeness (QED) is 0.857. The molecule has 2 rings (SSSR count). The summed E-state index contributed by atoms with van der Waals surface area (Å²) in [4.78, 5) is 16.2. The molecule has 0 aliphatic rings. The summed E-state index contributed by atoms with van der Waals surface area (Å²) in [7, 11) is 0. The third kappa shape index (κ3) is 3.71. The summed E-state index contributed by atoms with van der Waals surface area (Å²) >= 11 is 11.8. The summed E-state index contributed by atoms with van der Waals surface area (Å²) in [6, 6.07) is 12.3. The average Bonchev–Trinajstić information content (AvgIpc) is 2.44. The Morgan fingerprint density at radius 3 is 2.65 bits per heavy atom. The fraction of sp³-hybridized carbons (Fsp3) is 0.200. The Balaban J connectivity index is 2.16. The number of rotatable bonds is 4. The van der Waals surface area contributed by atoms with Gasteiger partial charge in [0.2, 0.25) is 0 Å². The first-order chi connectivity index (χ1) is 9.60. The van der Waals surface area contributed by atoms with Crippen LogP contribution in [0.2, 0.25) is 10.2 Å². The van der Waals surface area contributed by atoms with Gasteiger partial charge >= 0.3 is 0 Å². The van der Waals surface area contributed by atoms with Crippen molar-refractivity contribution in [2.45, 2.75) is 19.4 Å². The standard InChI is InChI=1S/C15H14Cl2N2O/c1-2-12(10-5-3-6-11(16)9-10)19-15(20)13-7-4-8-14(17)18-13/h3-9,12H,2H2,1H3,(H,19,20). The molecule has 0 spiro atoms. The van der Waals surface area contributed by atoms with Crippen molar-refractivity contribution in [1.82, 2.24) is 10.3 Å². The molecule has 0 aliphatic heterocycles. The first kappa shape index (κ1) is 14.8. The number of carbonyl (C=O) groups is 1. The lowest BCUT2D eigenvalue weighted by Crippen LogP contribution is -2.28. The van der Waals surface area contributed by atoms with Crippen molar-refractivity contribution in [3.63, 3.8) is 0 Å². The summed E-state index contributed by atoms with van der Waals surface area (Å²) in [5.74, 6) is -0.251. The second-order valence-electron chi connectivity index (χ2n) is 4.33. The van der Waals surface area contributed by atoms with E-state index in [0.717, 1.165) is 12.0 Å². The second kappa shape index (κ2) is 6.73. The third-order valence-corrected chi connectivity index (χ3v) is 3.36. The zero-order valence-corrected chi connectivity index (χ0v) is 12.4. The number of pyridine rings is 1. The molecule has 0 radical (unpaired) electrons. The molecule has 0 aliphatic carbocycles. The summed E-state index contributed by atoms with van der Waals surface area (Å²) in [6.45, 7) is 2.00. The Bertz CT molecular complexity index is 616. The van der Waals surface area contributed by atoms with Crippen LogP contribution < -0.4 is 5.32 Å². The summed E-state index contributed by atoms with van der Waals surface area (Å²) in [5.41, 5.74) is 1.27. The monoisotopic (exact) mass is 308 g/mol. The van der Waals surface area contributed by atoms with Gasteiger partial charge in [0.15, 0.2) is 0 Å². The van der Waals surface area contributed by atoms with Crippen LogP contribution in [-0.4, -0.2) is 10.9 Å². The van der Waals surface area contributed by atoms with Gasteiger partial charge in [0.05, 0.1) is 6.04 Å². The van der Waals surface area contributed by atoms with Crippen LogP contribution in [0, 0.1) is 0 Å². The predicted molar refractivity (Wildman–Crippen MR) is 81.2 cm³/mol. The molecule has 1 N–H and O–H groups in total. The van der Waals surface area contributed by atoms with Crippen LogP contribution in [0.3, 0.4) is 0 Å². The van der Waals surface area contributed by atoms with E-state index in [1.807, 2.05) is 25.1 Å². The van der Waals surface area contributed by atoms with E-state index in [9.17, 15) is 4.79 Å². The van der Waals surface area contributed by atoms with E-state index in [1.165, 1.54) is 0 Å². The van der Waals surface area contributed by atoms with E-state index in [1.54, 1.807) is 24.3 Å². The van der Waals surface area contributed by atoms with Gasteiger partial charge in [-0.1, -0.05) is 48.3 Å². The number of aromatic nitrogens is 1. The maximum Gasteiger partial charge on any atom is 0.270 e. The Hall–Kier alpha value is -1.58. The number of hydrogen-bond acceptors (Lipinski definition) is 2. The predicted octanol–water partition coefficient (Wildman–Crippen LogP) is 4.27. The minimum Gasteiger partial charge on any atom is -0.344 e. The summed E-state index contributed by atoms with van der Waals surface area (Å²) in [5, 5.41) is 3.88. The van der Waals surface area contributed by atoms with Gasteiger partial charge in [0.25, 0.3) is 5.91 Å². The molecule has 104 valence electrons. The molecule has 1 atom stereocenters. The number of halogens is 2. The summed E-state index contributed by atoms with van der Waals surface area (Å²) < 4.78 is 0. The number of amides is 1. The minimum atomic E-state index is -0.251. The lowest BCUT2D eigenvalue weighted by atomic mass is 10.0. The van der Waals surface area contributed by atoms with Gasteiger partial charge < -0.3 is 5.32 Å². The van der Waals surface area contributed by atoms with E-state index in [2.05, 4.69) is 10.3 Å². The largest absolute Gasteiger partial charge is 0.344 e. The molecule has 1 aromatic carbocycles. The van der Waals surface area contributed by atoms with Crippen LogP contribution in [0.5, 0.6) is 0 Å². The molecular weight excluding hydrogens is 295 g/mol. The Kier molecular flexibility index (Phi) is 4.99. The molecule has 0 bridgehead atoms. The van der Waals surface area contributed by atoms with Crippen molar-refractivity contribution in [1.29, 1.82) is 0 Å². The second-order valence-corrected chi connectivity index (χ2v) is 5.16. The van der Waals surface area contributed by atoms with Crippen LogP contribution in [-0.2, 0) is 0 Å². The molecule has 1 unspecified atom stereocenters. The Labute approximate surface area is 127 Å². The van der Waals surface area contributed by atoms with Crippen LogP contribution in [0.4, 0.5) is 0 Å². The highest BCUT2D eigenvalue weighted by atomic mass is 35.5. The molecule has 1 amide bonds. The Morgan fingerprint density at radius 1 is 1.25 bits per heavy atom. The fourth-order valence-corrected chi connectivity index (χ4v) is 2.27. The molecule has 0 saturated carbocycles. The molecule has 0 saturated heterocycles. The SMILES string of the molecule is CCC(NC(=O)c1cccc(Cl)n1)c1cccc(Cl)c1. The Morgan fingerprint density at radius 2 is 2.00 bits per heavy atom. The number of benzene rings is 1. The van der Waals surface area contributed by atoms with Crippen molar-refractivity contribution in [3.05, 3.63) is 63.9 Å². The van der Waals surface area contributed by atoms with Crippen molar-refractivity contribution >= 4 is 29.1 Å². The molecule has 20 heavy (non-hydrogen) atoms. The van der Waals surface area contributed by atoms with Crippen molar-refractivity contribution < 1.29 is 4.79 Å². The molecular formula is C15H14Cl2N2O. The number of carbonyl (C=O) groups excluding carboxylic acids is 1. The van der Waals surface area contributed by atoms with Gasteiger partial charge in [-0.25, -0.2) is 4.98 Å². The first-order valence-corrected chi connectivity index (χ1v) is 7.04. The van der Waals surface area contributed by atoms with Gasteiger partial charge in [-0.05, 0) is 36.2 Å². The molecule has 1 aromatic heterocycles. The number of nitrogens with zero attached hydrogens (tertiary/aromatic N) is 1. The molecule has 1 heterocycles. The van der Waals surface area contributed by atoms with Gasteiger partial charge in [0.1, 0.15) is 10.8 Å². The highest BCUT2D eigenvalue weighted by Crippen LogP contribution is 2.20. The zero-order chi connectivity index (χ0) is 14.5. The summed E-state index contributed by atoms with van der Waals surface area (Å²) in [6.07, 6.45) is 0.757.